The second-order valence-electron chi connectivity index (χ2n) is 8.57. The molecule has 1 N–H and O–H groups in total. The quantitative estimate of drug-likeness (QED) is 0.847. The van der Waals surface area contributed by atoms with Gasteiger partial charge in [-0.2, -0.15) is 0 Å². The van der Waals surface area contributed by atoms with Gasteiger partial charge in [-0.3, -0.25) is 9.69 Å². The van der Waals surface area contributed by atoms with Crippen LogP contribution < -0.4 is 0 Å². The number of piperidine rings is 3. The number of aliphatic hydroxyl groups is 1. The third-order valence-electron chi connectivity index (χ3n) is 7.87. The van der Waals surface area contributed by atoms with E-state index in [0.29, 0.717) is 12.0 Å². The number of hydrogen-bond donors (Lipinski definition) is 1. The van der Waals surface area contributed by atoms with Crippen LogP contribution in [0.2, 0.25) is 0 Å². The predicted octanol–water partition coefficient (Wildman–Crippen LogP) is 2.66. The molecule has 6 rings (SSSR count). The molecule has 27 heavy (non-hydrogen) atoms. The van der Waals surface area contributed by atoms with Gasteiger partial charge in [0.25, 0.3) is 0 Å². The Morgan fingerprint density at radius 3 is 2.85 bits per heavy atom. The summed E-state index contributed by atoms with van der Waals surface area (Å²) in [5.41, 5.74) is 3.21. The second kappa shape index (κ2) is 5.82. The number of aryl methyl sites for hydroxylation is 1. The van der Waals surface area contributed by atoms with E-state index in [1.165, 1.54) is 29.3 Å². The molecule has 4 unspecified atom stereocenters. The van der Waals surface area contributed by atoms with Gasteiger partial charge in [-0.05, 0) is 36.3 Å². The van der Waals surface area contributed by atoms with Crippen molar-refractivity contribution in [3.05, 3.63) is 35.5 Å². The summed E-state index contributed by atoms with van der Waals surface area (Å²) in [7, 11) is 3.63. The van der Waals surface area contributed by atoms with Crippen molar-refractivity contribution in [1.82, 2.24) is 9.47 Å². The topological polar surface area (TPSA) is 54.7 Å². The molecule has 0 spiro atoms. The van der Waals surface area contributed by atoms with Gasteiger partial charge in [0.05, 0.1) is 19.8 Å². The molecule has 3 saturated heterocycles. The van der Waals surface area contributed by atoms with Crippen molar-refractivity contribution in [2.75, 3.05) is 20.3 Å². The number of ether oxygens (including phenoxy) is 1. The number of aliphatic hydroxyl groups excluding tert-OH is 1. The van der Waals surface area contributed by atoms with Crippen molar-refractivity contribution in [1.29, 1.82) is 0 Å². The normalized spacial score (nSPS) is 36.7. The van der Waals surface area contributed by atoms with Crippen molar-refractivity contribution in [3.63, 3.8) is 0 Å². The highest BCUT2D eigenvalue weighted by Gasteiger charge is 2.66. The highest BCUT2D eigenvalue weighted by Crippen LogP contribution is 2.60. The number of methoxy groups -OCH3 is 1. The number of carbonyl (C=O) groups excluding carboxylic acids is 1. The molecule has 5 nitrogen and oxygen atoms in total. The van der Waals surface area contributed by atoms with E-state index in [9.17, 15) is 9.90 Å². The van der Waals surface area contributed by atoms with E-state index in [-0.39, 0.29) is 24.5 Å². The summed E-state index contributed by atoms with van der Waals surface area (Å²) in [6.45, 7) is 3.08. The molecular weight excluding hydrogens is 340 g/mol. The molecule has 2 aromatic rings. The van der Waals surface area contributed by atoms with E-state index in [1.54, 1.807) is 0 Å². The van der Waals surface area contributed by atoms with Crippen LogP contribution in [-0.4, -0.2) is 46.8 Å². The number of nitrogens with zero attached hydrogens (tertiary/aromatic N) is 2. The molecule has 144 valence electrons. The van der Waals surface area contributed by atoms with Crippen molar-refractivity contribution in [3.8, 4) is 0 Å². The zero-order chi connectivity index (χ0) is 18.9. The summed E-state index contributed by atoms with van der Waals surface area (Å²) in [6.07, 6.45) is 2.75. The lowest BCUT2D eigenvalue weighted by atomic mass is 9.53. The number of benzene rings is 1. The number of hydrogen-bond acceptors (Lipinski definition) is 4. The van der Waals surface area contributed by atoms with Crippen LogP contribution in [-0.2, 0) is 23.0 Å². The van der Waals surface area contributed by atoms with Gasteiger partial charge in [0.15, 0.2) is 0 Å². The Labute approximate surface area is 159 Å². The first-order valence-electron chi connectivity index (χ1n) is 10.1. The molecule has 0 saturated carbocycles. The van der Waals surface area contributed by atoms with Crippen LogP contribution in [0, 0.1) is 17.3 Å². The first kappa shape index (κ1) is 17.3. The lowest BCUT2D eigenvalue weighted by Crippen LogP contribution is -2.71. The minimum atomic E-state index is -0.807. The van der Waals surface area contributed by atoms with Gasteiger partial charge in [-0.25, -0.2) is 0 Å². The summed E-state index contributed by atoms with van der Waals surface area (Å²) in [6, 6.07) is 8.89. The Morgan fingerprint density at radius 1 is 1.37 bits per heavy atom. The van der Waals surface area contributed by atoms with Crippen LogP contribution in [0.25, 0.3) is 10.9 Å². The maximum Gasteiger partial charge on any atom is 0.316 e. The third-order valence-corrected chi connectivity index (χ3v) is 7.87. The SMILES string of the molecule is CCC1CN2C3Cc4c(n(C)c5ccccc45)[C@@H]2C[C@@H]1C3(CO)C(=O)OC. The second-order valence-corrected chi connectivity index (χ2v) is 8.57. The standard InChI is InChI=1S/C22H28N2O3/c1-4-13-11-24-18-10-16(13)22(12-25,21(26)27-3)19(24)9-15-14-7-5-6-8-17(14)23(2)20(15)18/h5-8,13,16,18-19,25H,4,9-12H2,1-3H3/t13?,16-,18-,19?,22?/m0/s1. The van der Waals surface area contributed by atoms with Crippen molar-refractivity contribution in [2.24, 2.45) is 24.3 Å². The molecule has 5 heterocycles. The molecule has 3 fully saturated rings. The number of fused-ring (bicyclic) bond motifs is 4. The smallest absolute Gasteiger partial charge is 0.316 e. The van der Waals surface area contributed by atoms with E-state index >= 15 is 0 Å². The third kappa shape index (κ3) is 1.94. The van der Waals surface area contributed by atoms with Crippen molar-refractivity contribution in [2.45, 2.75) is 38.3 Å². The highest BCUT2D eigenvalue weighted by atomic mass is 16.5. The van der Waals surface area contributed by atoms with Crippen LogP contribution in [0.5, 0.6) is 0 Å². The number of para-hydroxylation sites is 1. The first-order valence-corrected chi connectivity index (χ1v) is 10.1. The molecule has 0 aliphatic carbocycles. The zero-order valence-corrected chi connectivity index (χ0v) is 16.3. The van der Waals surface area contributed by atoms with Gasteiger partial charge in [-0.15, -0.1) is 0 Å². The molecule has 4 bridgehead atoms. The minimum Gasteiger partial charge on any atom is -0.468 e. The molecule has 0 radical (unpaired) electrons. The van der Waals surface area contributed by atoms with E-state index in [2.05, 4.69) is 47.7 Å². The molecule has 0 amide bonds. The van der Waals surface area contributed by atoms with E-state index < -0.39 is 5.41 Å². The Balaban J connectivity index is 1.74. The lowest BCUT2D eigenvalue weighted by molar-refractivity contribution is -0.204. The molecule has 4 aliphatic rings. The van der Waals surface area contributed by atoms with Crippen LogP contribution in [0.15, 0.2) is 24.3 Å². The Bertz CT molecular complexity index is 920. The average molecular weight is 368 g/mol. The average Bonchev–Trinajstić information content (AvgIpc) is 3.00. The van der Waals surface area contributed by atoms with Crippen LogP contribution in [0.4, 0.5) is 0 Å². The fourth-order valence-corrected chi connectivity index (χ4v) is 6.68. The van der Waals surface area contributed by atoms with Gasteiger partial charge in [0.1, 0.15) is 5.41 Å². The van der Waals surface area contributed by atoms with Gasteiger partial charge < -0.3 is 14.4 Å². The van der Waals surface area contributed by atoms with Gasteiger partial charge in [-0.1, -0.05) is 31.5 Å². The summed E-state index contributed by atoms with van der Waals surface area (Å²) in [5, 5.41) is 11.8. The molecular formula is C22H28N2O3. The van der Waals surface area contributed by atoms with Crippen LogP contribution >= 0.6 is 0 Å². The molecule has 1 aromatic heterocycles. The van der Waals surface area contributed by atoms with Gasteiger partial charge in [0.2, 0.25) is 0 Å². The van der Waals surface area contributed by atoms with Crippen molar-refractivity contribution < 1.29 is 14.6 Å². The minimum absolute atomic E-state index is 0.0137. The fraction of sp³-hybridized carbons (Fsp3) is 0.591. The lowest BCUT2D eigenvalue weighted by Gasteiger charge is -2.64. The number of carbonyl (C=O) groups is 1. The van der Waals surface area contributed by atoms with E-state index in [0.717, 1.165) is 25.8 Å². The number of esters is 1. The highest BCUT2D eigenvalue weighted by molar-refractivity contribution is 5.87. The zero-order valence-electron chi connectivity index (χ0n) is 16.3. The van der Waals surface area contributed by atoms with Gasteiger partial charge in [0, 0.05) is 36.2 Å². The predicted molar refractivity (Wildman–Crippen MR) is 103 cm³/mol. The fourth-order valence-electron chi connectivity index (χ4n) is 6.68. The first-order chi connectivity index (χ1) is 13.1. The largest absolute Gasteiger partial charge is 0.468 e. The Morgan fingerprint density at radius 2 is 2.15 bits per heavy atom. The van der Waals surface area contributed by atoms with Crippen molar-refractivity contribution >= 4 is 16.9 Å². The summed E-state index contributed by atoms with van der Waals surface area (Å²) in [4.78, 5) is 15.6. The maximum absolute atomic E-state index is 13.0. The molecule has 4 aliphatic heterocycles. The monoisotopic (exact) mass is 368 g/mol. The molecule has 1 aromatic carbocycles. The molecule has 6 atom stereocenters. The van der Waals surface area contributed by atoms with Gasteiger partial charge >= 0.3 is 5.97 Å². The summed E-state index contributed by atoms with van der Waals surface area (Å²) in [5.74, 6) is 0.372. The maximum atomic E-state index is 13.0. The van der Waals surface area contributed by atoms with Crippen LogP contribution in [0.1, 0.15) is 37.1 Å². The molecule has 5 heteroatoms. The Kier molecular flexibility index (Phi) is 3.72. The number of aromatic nitrogens is 1. The van der Waals surface area contributed by atoms with E-state index in [4.69, 9.17) is 4.74 Å². The summed E-state index contributed by atoms with van der Waals surface area (Å²) < 4.78 is 7.62. The van der Waals surface area contributed by atoms with Crippen LogP contribution in [0.3, 0.4) is 0 Å². The Hall–Kier alpha value is -1.85. The van der Waals surface area contributed by atoms with E-state index in [1.807, 2.05) is 0 Å². The number of rotatable bonds is 3. The summed E-state index contributed by atoms with van der Waals surface area (Å²) >= 11 is 0.